The van der Waals surface area contributed by atoms with Gasteiger partial charge in [0.05, 0.1) is 11.3 Å². The van der Waals surface area contributed by atoms with Gasteiger partial charge in [-0.05, 0) is 51.7 Å². The Labute approximate surface area is 173 Å². The fourth-order valence-corrected chi connectivity index (χ4v) is 7.67. The van der Waals surface area contributed by atoms with Crippen LogP contribution in [0, 0.1) is 0 Å². The minimum Gasteiger partial charge on any atom is -0.457 e. The van der Waals surface area contributed by atoms with Crippen LogP contribution in [0.1, 0.15) is 63.0 Å². The molecule has 0 aromatic heterocycles. The zero-order chi connectivity index (χ0) is 21.1. The molecule has 2 aromatic carbocycles. The number of allylic oxidation sites excluding steroid dienone is 1. The van der Waals surface area contributed by atoms with Gasteiger partial charge in [0.15, 0.2) is 7.29 Å². The Kier molecular flexibility index (Phi) is 6.33. The molecular weight excluding hydrogens is 381 g/mol. The molecule has 0 bridgehead atoms. The fraction of sp³-hybridized carbons (Fsp3) is 0.375. The normalized spacial score (nSPS) is 21.6. The van der Waals surface area contributed by atoms with Gasteiger partial charge in [-0.15, -0.1) is 0 Å². The van der Waals surface area contributed by atoms with Crippen LogP contribution in [0.2, 0.25) is 0 Å². The van der Waals surface area contributed by atoms with Crippen molar-refractivity contribution in [3.05, 3.63) is 83.6 Å². The number of carbonyl (C=O) groups is 1. The Balaban J connectivity index is 1.93. The lowest BCUT2D eigenvalue weighted by atomic mass is 10.0. The zero-order valence-corrected chi connectivity index (χ0v) is 18.5. The molecule has 1 heterocycles. The van der Waals surface area contributed by atoms with Gasteiger partial charge in [-0.3, -0.25) is 4.57 Å². The second kappa shape index (κ2) is 8.59. The first-order valence-corrected chi connectivity index (χ1v) is 11.9. The largest absolute Gasteiger partial charge is 0.457 e. The molecule has 0 amide bonds. The van der Waals surface area contributed by atoms with Crippen molar-refractivity contribution in [1.29, 1.82) is 0 Å². The van der Waals surface area contributed by atoms with Crippen LogP contribution < -0.4 is 5.09 Å². The average molecular weight is 411 g/mol. The van der Waals surface area contributed by atoms with Gasteiger partial charge in [0.2, 0.25) is 0 Å². The average Bonchev–Trinajstić information content (AvgIpc) is 2.97. The molecule has 1 N–H and O–H groups in total. The maximum absolute atomic E-state index is 14.4. The van der Waals surface area contributed by atoms with Gasteiger partial charge in [0.1, 0.15) is 5.60 Å². The molecule has 4 nitrogen and oxygen atoms in total. The monoisotopic (exact) mass is 411 g/mol. The van der Waals surface area contributed by atoms with Crippen LogP contribution in [0.25, 0.3) is 0 Å². The molecule has 0 radical (unpaired) electrons. The molecule has 2 aromatic rings. The summed E-state index contributed by atoms with van der Waals surface area (Å²) in [6, 6.07) is 20.0. The number of nitrogens with one attached hydrogen (secondary N) is 1. The summed E-state index contributed by atoms with van der Waals surface area (Å²) >= 11 is 0. The number of benzene rings is 2. The third kappa shape index (κ3) is 5.19. The van der Waals surface area contributed by atoms with Crippen molar-refractivity contribution in [3.8, 4) is 0 Å². The third-order valence-corrected chi connectivity index (χ3v) is 8.77. The first-order chi connectivity index (χ1) is 13.7. The van der Waals surface area contributed by atoms with Gasteiger partial charge in [0.25, 0.3) is 0 Å². The summed E-state index contributed by atoms with van der Waals surface area (Å²) in [7, 11) is -2.92. The van der Waals surface area contributed by atoms with E-state index in [1.54, 1.807) is 6.92 Å². The van der Waals surface area contributed by atoms with Gasteiger partial charge < -0.3 is 9.82 Å². The van der Waals surface area contributed by atoms with E-state index in [1.165, 1.54) is 6.08 Å². The van der Waals surface area contributed by atoms with Crippen LogP contribution >= 0.6 is 7.29 Å². The van der Waals surface area contributed by atoms with Crippen molar-refractivity contribution in [2.75, 3.05) is 0 Å². The number of rotatable bonds is 5. The Morgan fingerprint density at radius 2 is 1.41 bits per heavy atom. The molecule has 1 aliphatic rings. The van der Waals surface area contributed by atoms with E-state index >= 15 is 0 Å². The van der Waals surface area contributed by atoms with Crippen LogP contribution in [-0.2, 0) is 14.1 Å². The van der Waals surface area contributed by atoms with Crippen molar-refractivity contribution < 1.29 is 14.1 Å². The molecule has 1 saturated heterocycles. The molecular formula is C24H30NO3P. The van der Waals surface area contributed by atoms with E-state index in [1.807, 2.05) is 81.4 Å². The van der Waals surface area contributed by atoms with Gasteiger partial charge >= 0.3 is 5.97 Å². The predicted octanol–water partition coefficient (Wildman–Crippen LogP) is 6.38. The summed E-state index contributed by atoms with van der Waals surface area (Å²) in [5.74, 6) is -0.430. The van der Waals surface area contributed by atoms with Crippen LogP contribution in [0.4, 0.5) is 0 Å². The van der Waals surface area contributed by atoms with Crippen molar-refractivity contribution in [2.24, 2.45) is 0 Å². The van der Waals surface area contributed by atoms with Gasteiger partial charge in [-0.1, -0.05) is 60.7 Å². The molecule has 5 heteroatoms. The molecule has 2 atom stereocenters. The quantitative estimate of drug-likeness (QED) is 0.353. The second-order valence-electron chi connectivity index (χ2n) is 8.61. The smallest absolute Gasteiger partial charge is 0.333 e. The van der Waals surface area contributed by atoms with Gasteiger partial charge in [-0.25, -0.2) is 4.79 Å². The highest BCUT2D eigenvalue weighted by Crippen LogP contribution is 2.74. The molecule has 1 aliphatic heterocycles. The van der Waals surface area contributed by atoms with Crippen molar-refractivity contribution in [3.63, 3.8) is 0 Å². The highest BCUT2D eigenvalue weighted by atomic mass is 31.2. The minimum atomic E-state index is -2.92. The number of esters is 1. The van der Waals surface area contributed by atoms with E-state index in [9.17, 15) is 9.36 Å². The predicted molar refractivity (Wildman–Crippen MR) is 118 cm³/mol. The number of hydrogen-bond acceptors (Lipinski definition) is 3. The topological polar surface area (TPSA) is 55.4 Å². The Bertz CT molecular complexity index is 865. The summed E-state index contributed by atoms with van der Waals surface area (Å²) in [6.45, 7) is 7.28. The summed E-state index contributed by atoms with van der Waals surface area (Å²) in [5.41, 5.74) is 1.99. The second-order valence-corrected chi connectivity index (χ2v) is 11.5. The van der Waals surface area contributed by atoms with Crippen molar-refractivity contribution >= 4 is 13.3 Å². The highest BCUT2D eigenvalue weighted by Gasteiger charge is 2.47. The highest BCUT2D eigenvalue weighted by molar-refractivity contribution is 7.63. The van der Waals surface area contributed by atoms with E-state index in [0.717, 1.165) is 24.0 Å². The van der Waals surface area contributed by atoms with Crippen LogP contribution in [0.5, 0.6) is 0 Å². The lowest BCUT2D eigenvalue weighted by Crippen LogP contribution is -2.23. The zero-order valence-electron chi connectivity index (χ0n) is 17.6. The Morgan fingerprint density at radius 3 is 1.83 bits per heavy atom. The summed E-state index contributed by atoms with van der Waals surface area (Å²) < 4.78 is 19.8. The standard InChI is InChI=1S/C24H30NO3P/c1-18(17-23(26)28-24(2,3)4)25-29(27)21(19-11-7-5-8-12-19)15-16-22(29)20-13-9-6-10-14-20/h5-14,17,21-22H,15-16H2,1-4H3,(H,25,27)/b18-17-/t21-,22-/m0/s1. The molecule has 0 spiro atoms. The summed E-state index contributed by atoms with van der Waals surface area (Å²) in [5, 5.41) is 3.28. The summed E-state index contributed by atoms with van der Waals surface area (Å²) in [6.07, 6.45) is 3.09. The van der Waals surface area contributed by atoms with E-state index in [0.29, 0.717) is 5.70 Å². The first kappa shape index (κ1) is 21.4. The molecule has 1 fully saturated rings. The molecule has 154 valence electrons. The molecule has 0 unspecified atom stereocenters. The van der Waals surface area contributed by atoms with Crippen LogP contribution in [0.3, 0.4) is 0 Å². The van der Waals surface area contributed by atoms with Crippen LogP contribution in [-0.4, -0.2) is 11.6 Å². The first-order valence-electron chi connectivity index (χ1n) is 10.1. The van der Waals surface area contributed by atoms with E-state index < -0.39 is 18.9 Å². The lowest BCUT2D eigenvalue weighted by Gasteiger charge is -2.29. The molecule has 3 rings (SSSR count). The van der Waals surface area contributed by atoms with Gasteiger partial charge in [-0.2, -0.15) is 0 Å². The minimum absolute atomic E-state index is 0.0871. The molecule has 29 heavy (non-hydrogen) atoms. The van der Waals surface area contributed by atoms with E-state index in [2.05, 4.69) is 5.09 Å². The third-order valence-electron chi connectivity index (χ3n) is 5.10. The maximum atomic E-state index is 14.4. The van der Waals surface area contributed by atoms with Gasteiger partial charge in [0, 0.05) is 11.8 Å². The SMILES string of the molecule is C/C(=C/C(=O)OC(C)(C)C)NP1(=O)[C@H](c2ccccc2)CC[C@H]1c1ccccc1. The molecule has 0 aliphatic carbocycles. The number of ether oxygens (including phenoxy) is 1. The summed E-state index contributed by atoms with van der Waals surface area (Å²) in [4.78, 5) is 12.2. The number of carbonyl (C=O) groups excluding carboxylic acids is 1. The van der Waals surface area contributed by atoms with E-state index in [-0.39, 0.29) is 11.3 Å². The van der Waals surface area contributed by atoms with Crippen molar-refractivity contribution in [2.45, 2.75) is 57.5 Å². The maximum Gasteiger partial charge on any atom is 0.333 e. The Morgan fingerprint density at radius 1 is 0.966 bits per heavy atom. The lowest BCUT2D eigenvalue weighted by molar-refractivity contribution is -0.148. The Hall–Kier alpha value is -2.32. The van der Waals surface area contributed by atoms with Crippen molar-refractivity contribution in [1.82, 2.24) is 5.09 Å². The molecule has 0 saturated carbocycles. The fourth-order valence-electron chi connectivity index (χ4n) is 4.01. The number of hydrogen-bond donors (Lipinski definition) is 1. The van der Waals surface area contributed by atoms with Crippen LogP contribution in [0.15, 0.2) is 72.4 Å². The van der Waals surface area contributed by atoms with E-state index in [4.69, 9.17) is 4.74 Å².